The van der Waals surface area contributed by atoms with Crippen LogP contribution in [0.5, 0.6) is 0 Å². The average molecular weight is 303 g/mol. The number of aromatic nitrogens is 2. The third kappa shape index (κ3) is 2.37. The zero-order chi connectivity index (χ0) is 14.3. The standard InChI is InChI=1S/C16H12Cl2N2/c1-9-3-6-14-13(7-9)15(18)20-16(19-14)12-5-4-11(17)8-10(12)2/h3-8H,1-2H3. The summed E-state index contributed by atoms with van der Waals surface area (Å²) in [5.41, 5.74) is 3.96. The first-order chi connectivity index (χ1) is 9.54. The summed E-state index contributed by atoms with van der Waals surface area (Å²) in [6, 6.07) is 11.6. The molecule has 0 radical (unpaired) electrons. The second kappa shape index (κ2) is 5.04. The van der Waals surface area contributed by atoms with E-state index in [1.54, 1.807) is 0 Å². The number of nitrogens with zero attached hydrogens (tertiary/aromatic N) is 2. The number of aryl methyl sites for hydroxylation is 2. The molecule has 0 saturated heterocycles. The van der Waals surface area contributed by atoms with Crippen molar-refractivity contribution in [2.75, 3.05) is 0 Å². The Kier molecular flexibility index (Phi) is 3.36. The molecule has 0 N–H and O–H groups in total. The Morgan fingerprint density at radius 3 is 2.45 bits per heavy atom. The molecule has 0 bridgehead atoms. The normalized spacial score (nSPS) is 11.0. The van der Waals surface area contributed by atoms with Gasteiger partial charge in [-0.1, -0.05) is 34.8 Å². The molecule has 1 heterocycles. The van der Waals surface area contributed by atoms with Crippen molar-refractivity contribution in [3.05, 3.63) is 57.7 Å². The van der Waals surface area contributed by atoms with Crippen LogP contribution in [0, 0.1) is 13.8 Å². The van der Waals surface area contributed by atoms with Crippen LogP contribution in [0.3, 0.4) is 0 Å². The first kappa shape index (κ1) is 13.3. The first-order valence-electron chi connectivity index (χ1n) is 6.25. The molecule has 0 fully saturated rings. The highest BCUT2D eigenvalue weighted by molar-refractivity contribution is 6.34. The molecule has 0 atom stereocenters. The molecule has 0 spiro atoms. The van der Waals surface area contributed by atoms with Crippen molar-refractivity contribution in [3.63, 3.8) is 0 Å². The maximum absolute atomic E-state index is 6.29. The summed E-state index contributed by atoms with van der Waals surface area (Å²) in [5.74, 6) is 0.625. The summed E-state index contributed by atoms with van der Waals surface area (Å²) in [7, 11) is 0. The molecule has 1 aromatic heterocycles. The molecule has 3 aromatic rings. The van der Waals surface area contributed by atoms with Gasteiger partial charge in [0.2, 0.25) is 0 Å². The van der Waals surface area contributed by atoms with E-state index in [0.717, 1.165) is 27.6 Å². The second-order valence-corrected chi connectivity index (χ2v) is 5.61. The van der Waals surface area contributed by atoms with Gasteiger partial charge in [0.05, 0.1) is 5.52 Å². The summed E-state index contributed by atoms with van der Waals surface area (Å²) >= 11 is 12.3. The molecule has 4 heteroatoms. The van der Waals surface area contributed by atoms with Crippen LogP contribution in [0.4, 0.5) is 0 Å². The van der Waals surface area contributed by atoms with Gasteiger partial charge in [-0.25, -0.2) is 9.97 Å². The largest absolute Gasteiger partial charge is 0.228 e. The van der Waals surface area contributed by atoms with Gasteiger partial charge in [-0.3, -0.25) is 0 Å². The van der Waals surface area contributed by atoms with Gasteiger partial charge in [0.15, 0.2) is 5.82 Å². The maximum atomic E-state index is 6.29. The fraction of sp³-hybridized carbons (Fsp3) is 0.125. The maximum Gasteiger partial charge on any atom is 0.161 e. The molecule has 0 amide bonds. The lowest BCUT2D eigenvalue weighted by Crippen LogP contribution is -1.94. The minimum Gasteiger partial charge on any atom is -0.228 e. The van der Waals surface area contributed by atoms with E-state index in [2.05, 4.69) is 9.97 Å². The van der Waals surface area contributed by atoms with Crippen molar-refractivity contribution in [2.45, 2.75) is 13.8 Å². The SMILES string of the molecule is Cc1ccc2nc(-c3ccc(Cl)cc3C)nc(Cl)c2c1. The minimum absolute atomic E-state index is 0.475. The molecule has 2 nitrogen and oxygen atoms in total. The lowest BCUT2D eigenvalue weighted by Gasteiger charge is -2.08. The molecular weight excluding hydrogens is 291 g/mol. The van der Waals surface area contributed by atoms with Crippen molar-refractivity contribution in [3.8, 4) is 11.4 Å². The highest BCUT2D eigenvalue weighted by Crippen LogP contribution is 2.28. The quantitative estimate of drug-likeness (QED) is 0.576. The predicted octanol–water partition coefficient (Wildman–Crippen LogP) is 5.22. The van der Waals surface area contributed by atoms with Crippen LogP contribution < -0.4 is 0 Å². The summed E-state index contributed by atoms with van der Waals surface area (Å²) in [6.45, 7) is 4.00. The summed E-state index contributed by atoms with van der Waals surface area (Å²) in [6.07, 6.45) is 0. The van der Waals surface area contributed by atoms with E-state index >= 15 is 0 Å². The first-order valence-corrected chi connectivity index (χ1v) is 7.00. The van der Waals surface area contributed by atoms with E-state index in [-0.39, 0.29) is 0 Å². The Balaban J connectivity index is 2.24. The molecule has 100 valence electrons. The van der Waals surface area contributed by atoms with E-state index in [4.69, 9.17) is 23.2 Å². The van der Waals surface area contributed by atoms with Crippen LogP contribution in [0.1, 0.15) is 11.1 Å². The molecule has 0 unspecified atom stereocenters. The predicted molar refractivity (Wildman–Crippen MR) is 84.5 cm³/mol. The molecule has 20 heavy (non-hydrogen) atoms. The molecular formula is C16H12Cl2N2. The van der Waals surface area contributed by atoms with Crippen LogP contribution in [0.15, 0.2) is 36.4 Å². The van der Waals surface area contributed by atoms with E-state index < -0.39 is 0 Å². The third-order valence-electron chi connectivity index (χ3n) is 3.23. The molecule has 0 saturated carbocycles. The number of fused-ring (bicyclic) bond motifs is 1. The number of benzene rings is 2. The number of hydrogen-bond donors (Lipinski definition) is 0. The highest BCUT2D eigenvalue weighted by atomic mass is 35.5. The van der Waals surface area contributed by atoms with Crippen LogP contribution in [-0.2, 0) is 0 Å². The molecule has 0 aliphatic rings. The number of rotatable bonds is 1. The van der Waals surface area contributed by atoms with Crippen molar-refractivity contribution in [1.29, 1.82) is 0 Å². The Labute approximate surface area is 127 Å². The fourth-order valence-corrected chi connectivity index (χ4v) is 2.66. The van der Waals surface area contributed by atoms with E-state index in [0.29, 0.717) is 16.0 Å². The van der Waals surface area contributed by atoms with Gasteiger partial charge < -0.3 is 0 Å². The van der Waals surface area contributed by atoms with Gasteiger partial charge in [0, 0.05) is 16.0 Å². The van der Waals surface area contributed by atoms with E-state index in [1.807, 2.05) is 50.2 Å². The summed E-state index contributed by atoms with van der Waals surface area (Å²) in [4.78, 5) is 9.01. The van der Waals surface area contributed by atoms with Gasteiger partial charge in [0.1, 0.15) is 5.15 Å². The van der Waals surface area contributed by atoms with Crippen LogP contribution >= 0.6 is 23.2 Å². The van der Waals surface area contributed by atoms with Crippen LogP contribution in [0.2, 0.25) is 10.2 Å². The van der Waals surface area contributed by atoms with Crippen molar-refractivity contribution >= 4 is 34.1 Å². The Bertz CT molecular complexity index is 813. The highest BCUT2D eigenvalue weighted by Gasteiger charge is 2.10. The van der Waals surface area contributed by atoms with Gasteiger partial charge in [-0.15, -0.1) is 0 Å². The summed E-state index contributed by atoms with van der Waals surface area (Å²) in [5, 5.41) is 2.05. The topological polar surface area (TPSA) is 25.8 Å². The van der Waals surface area contributed by atoms with Crippen LogP contribution in [-0.4, -0.2) is 9.97 Å². The van der Waals surface area contributed by atoms with E-state index in [1.165, 1.54) is 0 Å². The number of hydrogen-bond acceptors (Lipinski definition) is 2. The fourth-order valence-electron chi connectivity index (χ4n) is 2.20. The van der Waals surface area contributed by atoms with Gasteiger partial charge in [-0.2, -0.15) is 0 Å². The van der Waals surface area contributed by atoms with Crippen molar-refractivity contribution in [2.24, 2.45) is 0 Å². The molecule has 3 rings (SSSR count). The lowest BCUT2D eigenvalue weighted by atomic mass is 10.1. The zero-order valence-electron chi connectivity index (χ0n) is 11.1. The van der Waals surface area contributed by atoms with Crippen molar-refractivity contribution in [1.82, 2.24) is 9.97 Å². The average Bonchev–Trinajstić information content (AvgIpc) is 2.39. The monoisotopic (exact) mass is 302 g/mol. The zero-order valence-corrected chi connectivity index (χ0v) is 12.6. The van der Waals surface area contributed by atoms with Gasteiger partial charge >= 0.3 is 0 Å². The Morgan fingerprint density at radius 1 is 0.900 bits per heavy atom. The lowest BCUT2D eigenvalue weighted by molar-refractivity contribution is 1.21. The third-order valence-corrected chi connectivity index (χ3v) is 3.76. The Hall–Kier alpha value is -1.64. The molecule has 0 aliphatic heterocycles. The summed E-state index contributed by atoms with van der Waals surface area (Å²) < 4.78 is 0. The molecule has 0 aliphatic carbocycles. The van der Waals surface area contributed by atoms with Gasteiger partial charge in [0.25, 0.3) is 0 Å². The minimum atomic E-state index is 0.475. The van der Waals surface area contributed by atoms with Gasteiger partial charge in [-0.05, 0) is 49.7 Å². The van der Waals surface area contributed by atoms with Crippen LogP contribution in [0.25, 0.3) is 22.3 Å². The number of halogens is 2. The van der Waals surface area contributed by atoms with E-state index in [9.17, 15) is 0 Å². The van der Waals surface area contributed by atoms with Crippen molar-refractivity contribution < 1.29 is 0 Å². The smallest absolute Gasteiger partial charge is 0.161 e. The second-order valence-electron chi connectivity index (χ2n) is 4.82. The Morgan fingerprint density at radius 2 is 1.70 bits per heavy atom. The molecule has 2 aromatic carbocycles.